The van der Waals surface area contributed by atoms with Crippen LogP contribution in [-0.4, -0.2) is 13.4 Å². The van der Waals surface area contributed by atoms with Gasteiger partial charge in [0.15, 0.2) is 0 Å². The summed E-state index contributed by atoms with van der Waals surface area (Å²) in [6, 6.07) is 19.3. The van der Waals surface area contributed by atoms with E-state index in [0.29, 0.717) is 5.69 Å². The lowest BCUT2D eigenvalue weighted by atomic mass is 10.0. The molecule has 0 aliphatic carbocycles. The van der Waals surface area contributed by atoms with E-state index in [1.165, 1.54) is 0 Å². The molecule has 2 aromatic carbocycles. The Hall–Kier alpha value is -2.70. The summed E-state index contributed by atoms with van der Waals surface area (Å²) in [6.45, 7) is 6.00. The Bertz CT molecular complexity index is 1290. The molecule has 0 unspecified atom stereocenters. The lowest BCUT2D eigenvalue weighted by Crippen LogP contribution is -2.15. The normalized spacial score (nSPS) is 11.7. The molecular formula is C23H22N2O2S2. The molecule has 6 heteroatoms. The number of rotatable bonds is 5. The smallest absolute Gasteiger partial charge is 0.236 e. The number of pyridine rings is 1. The molecule has 0 radical (unpaired) electrons. The van der Waals surface area contributed by atoms with Crippen LogP contribution < -0.4 is 4.72 Å². The number of sulfonamides is 1. The van der Waals surface area contributed by atoms with Gasteiger partial charge in [-0.1, -0.05) is 60.2 Å². The molecule has 1 N–H and O–H groups in total. The number of thiophene rings is 1. The minimum Gasteiger partial charge on any atom is -0.282 e. The van der Waals surface area contributed by atoms with Crippen LogP contribution in [0.3, 0.4) is 0 Å². The Morgan fingerprint density at radius 2 is 1.72 bits per heavy atom. The maximum Gasteiger partial charge on any atom is 0.236 e. The fraction of sp³-hybridized carbons (Fsp3) is 0.174. The van der Waals surface area contributed by atoms with E-state index in [1.807, 2.05) is 49.4 Å². The van der Waals surface area contributed by atoms with Crippen LogP contribution in [0.15, 0.2) is 60.7 Å². The van der Waals surface area contributed by atoms with Gasteiger partial charge in [0.1, 0.15) is 4.83 Å². The van der Waals surface area contributed by atoms with Crippen LogP contribution in [0.2, 0.25) is 0 Å². The highest BCUT2D eigenvalue weighted by Gasteiger charge is 2.20. The van der Waals surface area contributed by atoms with Gasteiger partial charge in [0.2, 0.25) is 10.0 Å². The summed E-state index contributed by atoms with van der Waals surface area (Å²) in [5.41, 5.74) is 5.40. The van der Waals surface area contributed by atoms with Gasteiger partial charge in [-0.3, -0.25) is 4.72 Å². The number of aromatic nitrogens is 1. The lowest BCUT2D eigenvalue weighted by Gasteiger charge is -2.12. The van der Waals surface area contributed by atoms with Crippen molar-refractivity contribution in [3.63, 3.8) is 0 Å². The van der Waals surface area contributed by atoms with E-state index in [4.69, 9.17) is 0 Å². The average Bonchev–Trinajstić information content (AvgIpc) is 2.97. The first-order chi connectivity index (χ1) is 13.8. The van der Waals surface area contributed by atoms with Crippen LogP contribution in [-0.2, 0) is 15.8 Å². The highest BCUT2D eigenvalue weighted by Crippen LogP contribution is 2.42. The number of aryl methyl sites for hydroxylation is 3. The van der Waals surface area contributed by atoms with Gasteiger partial charge in [0, 0.05) is 21.5 Å². The maximum atomic E-state index is 12.9. The van der Waals surface area contributed by atoms with Crippen molar-refractivity contribution >= 4 is 37.3 Å². The Labute approximate surface area is 175 Å². The molecule has 29 heavy (non-hydrogen) atoms. The van der Waals surface area contributed by atoms with Crippen LogP contribution in [0.25, 0.3) is 21.3 Å². The van der Waals surface area contributed by atoms with Crippen molar-refractivity contribution in [2.45, 2.75) is 26.5 Å². The molecule has 0 bridgehead atoms. The minimum atomic E-state index is -3.57. The van der Waals surface area contributed by atoms with Crippen molar-refractivity contribution in [2.75, 3.05) is 4.72 Å². The van der Waals surface area contributed by atoms with Gasteiger partial charge < -0.3 is 0 Å². The Balaban J connectivity index is 1.84. The SMILES string of the molecule is Cc1cccc(-c2c(C)sc3nc(C)cc(NS(=O)(=O)Cc4ccccc4)c23)c1. The molecular weight excluding hydrogens is 400 g/mol. The Morgan fingerprint density at radius 3 is 2.45 bits per heavy atom. The zero-order chi connectivity index (χ0) is 20.6. The number of hydrogen-bond donors (Lipinski definition) is 1. The molecule has 0 saturated heterocycles. The predicted octanol–water partition coefficient (Wildman–Crippen LogP) is 5.83. The third-order valence-corrected chi connectivity index (χ3v) is 6.98. The van der Waals surface area contributed by atoms with Gasteiger partial charge in [-0.05, 0) is 38.0 Å². The predicted molar refractivity (Wildman–Crippen MR) is 122 cm³/mol. The fourth-order valence-corrected chi connectivity index (χ4v) is 5.87. The van der Waals surface area contributed by atoms with Gasteiger partial charge >= 0.3 is 0 Å². The first-order valence-corrected chi connectivity index (χ1v) is 11.8. The molecule has 4 aromatic rings. The van der Waals surface area contributed by atoms with Crippen molar-refractivity contribution < 1.29 is 8.42 Å². The number of hydrogen-bond acceptors (Lipinski definition) is 4. The van der Waals surface area contributed by atoms with Crippen molar-refractivity contribution in [1.82, 2.24) is 4.98 Å². The van der Waals surface area contributed by atoms with Gasteiger partial charge in [0.25, 0.3) is 0 Å². The molecule has 0 spiro atoms. The second-order valence-electron chi connectivity index (χ2n) is 7.24. The zero-order valence-electron chi connectivity index (χ0n) is 16.6. The molecule has 0 aliphatic rings. The zero-order valence-corrected chi connectivity index (χ0v) is 18.2. The number of anilines is 1. The molecule has 148 valence electrons. The molecule has 4 rings (SSSR count). The lowest BCUT2D eigenvalue weighted by molar-refractivity contribution is 0.600. The van der Waals surface area contributed by atoms with Gasteiger partial charge in [-0.25, -0.2) is 13.4 Å². The van der Waals surface area contributed by atoms with E-state index in [0.717, 1.165) is 43.0 Å². The van der Waals surface area contributed by atoms with E-state index in [1.54, 1.807) is 11.3 Å². The van der Waals surface area contributed by atoms with Crippen LogP contribution in [0.4, 0.5) is 5.69 Å². The average molecular weight is 423 g/mol. The summed E-state index contributed by atoms with van der Waals surface area (Å²) in [4.78, 5) is 6.63. The van der Waals surface area contributed by atoms with Gasteiger partial charge in [0.05, 0.1) is 11.4 Å². The van der Waals surface area contributed by atoms with Crippen LogP contribution in [0, 0.1) is 20.8 Å². The van der Waals surface area contributed by atoms with Crippen LogP contribution in [0.5, 0.6) is 0 Å². The van der Waals surface area contributed by atoms with Crippen LogP contribution >= 0.6 is 11.3 Å². The number of fused-ring (bicyclic) bond motifs is 1. The second-order valence-corrected chi connectivity index (χ2v) is 10.2. The molecule has 2 heterocycles. The van der Waals surface area contributed by atoms with E-state index >= 15 is 0 Å². The van der Waals surface area contributed by atoms with Gasteiger partial charge in [-0.15, -0.1) is 11.3 Å². The highest BCUT2D eigenvalue weighted by atomic mass is 32.2. The molecule has 0 aliphatic heterocycles. The standard InChI is InChI=1S/C23H22N2O2S2/c1-15-8-7-11-19(12-15)21-17(3)28-23-22(21)20(13-16(2)24-23)25-29(26,27)14-18-9-5-4-6-10-18/h4-13H,14H2,1-3H3,(H,24,25). The van der Waals surface area contributed by atoms with Crippen molar-refractivity contribution in [1.29, 1.82) is 0 Å². The summed E-state index contributed by atoms with van der Waals surface area (Å²) >= 11 is 1.59. The molecule has 2 aromatic heterocycles. The largest absolute Gasteiger partial charge is 0.282 e. The molecule has 0 atom stereocenters. The quantitative estimate of drug-likeness (QED) is 0.440. The number of nitrogens with one attached hydrogen (secondary N) is 1. The summed E-state index contributed by atoms with van der Waals surface area (Å²) in [6.07, 6.45) is 0. The molecule has 4 nitrogen and oxygen atoms in total. The van der Waals surface area contributed by atoms with Gasteiger partial charge in [-0.2, -0.15) is 0 Å². The first kappa shape index (κ1) is 19.6. The summed E-state index contributed by atoms with van der Waals surface area (Å²) < 4.78 is 28.6. The van der Waals surface area contributed by atoms with E-state index in [2.05, 4.69) is 41.8 Å². The Morgan fingerprint density at radius 1 is 0.966 bits per heavy atom. The fourth-order valence-electron chi connectivity index (χ4n) is 3.56. The molecule has 0 amide bonds. The van der Waals surface area contributed by atoms with E-state index < -0.39 is 10.0 Å². The minimum absolute atomic E-state index is 0.0698. The van der Waals surface area contributed by atoms with E-state index in [-0.39, 0.29) is 5.75 Å². The number of benzene rings is 2. The van der Waals surface area contributed by atoms with Crippen molar-refractivity contribution in [3.8, 4) is 11.1 Å². The second kappa shape index (κ2) is 7.61. The summed E-state index contributed by atoms with van der Waals surface area (Å²) in [5, 5.41) is 0.861. The highest BCUT2D eigenvalue weighted by molar-refractivity contribution is 7.91. The van der Waals surface area contributed by atoms with Crippen molar-refractivity contribution in [3.05, 3.63) is 82.4 Å². The van der Waals surface area contributed by atoms with E-state index in [9.17, 15) is 8.42 Å². The Kier molecular flexibility index (Phi) is 5.15. The monoisotopic (exact) mass is 422 g/mol. The third kappa shape index (κ3) is 4.18. The number of nitrogens with zero attached hydrogens (tertiary/aromatic N) is 1. The summed E-state index contributed by atoms with van der Waals surface area (Å²) in [7, 11) is -3.57. The topological polar surface area (TPSA) is 59.1 Å². The first-order valence-electron chi connectivity index (χ1n) is 9.34. The third-order valence-electron chi connectivity index (χ3n) is 4.74. The molecule has 0 saturated carbocycles. The molecule has 0 fully saturated rings. The van der Waals surface area contributed by atoms with Crippen LogP contribution in [0.1, 0.15) is 21.7 Å². The van der Waals surface area contributed by atoms with Crippen molar-refractivity contribution in [2.24, 2.45) is 0 Å². The maximum absolute atomic E-state index is 12.9. The summed E-state index contributed by atoms with van der Waals surface area (Å²) in [5.74, 6) is -0.0698.